The molecule has 0 heterocycles. The number of benzene rings is 1. The van der Waals surface area contributed by atoms with Gasteiger partial charge in [0.25, 0.3) is 5.69 Å². The molecule has 1 saturated carbocycles. The van der Waals surface area contributed by atoms with E-state index in [1.54, 1.807) is 6.07 Å². The maximum atomic E-state index is 12.5. The fourth-order valence-corrected chi connectivity index (χ4v) is 2.76. The highest BCUT2D eigenvalue weighted by Crippen LogP contribution is 2.50. The van der Waals surface area contributed by atoms with E-state index in [-0.39, 0.29) is 30.1 Å². The van der Waals surface area contributed by atoms with Gasteiger partial charge in [0.2, 0.25) is 5.91 Å². The maximum absolute atomic E-state index is 12.5. The van der Waals surface area contributed by atoms with Crippen molar-refractivity contribution >= 4 is 29.7 Å². The molecular weight excluding hydrogens is 322 g/mol. The zero-order valence-electron chi connectivity index (χ0n) is 13.4. The van der Waals surface area contributed by atoms with Crippen LogP contribution in [0.2, 0.25) is 0 Å². The average molecular weight is 344 g/mol. The van der Waals surface area contributed by atoms with E-state index in [0.717, 1.165) is 0 Å². The number of carbonyl (C=O) groups excluding carboxylic acids is 1. The van der Waals surface area contributed by atoms with Crippen LogP contribution in [-0.4, -0.2) is 29.1 Å². The third-order valence-electron chi connectivity index (χ3n) is 4.55. The molecule has 0 saturated heterocycles. The van der Waals surface area contributed by atoms with Gasteiger partial charge in [-0.2, -0.15) is 0 Å². The molecule has 3 N–H and O–H groups in total. The minimum atomic E-state index is -1.06. The van der Waals surface area contributed by atoms with Crippen LogP contribution in [0.1, 0.15) is 27.2 Å². The number of nitro groups is 1. The Balaban J connectivity index is 0.00000264. The van der Waals surface area contributed by atoms with Gasteiger partial charge in [-0.05, 0) is 13.0 Å². The Morgan fingerprint density at radius 3 is 2.70 bits per heavy atom. The third-order valence-corrected chi connectivity index (χ3v) is 4.55. The molecule has 2 unspecified atom stereocenters. The summed E-state index contributed by atoms with van der Waals surface area (Å²) in [5.41, 5.74) is 4.98. The second kappa shape index (κ2) is 6.82. The number of non-ortho nitro benzene ring substituents is 1. The zero-order chi connectivity index (χ0) is 16.5. The van der Waals surface area contributed by atoms with Crippen LogP contribution in [0.25, 0.3) is 0 Å². The lowest BCUT2D eigenvalue weighted by Crippen LogP contribution is -2.74. The molecule has 0 aliphatic heterocycles. The lowest BCUT2D eigenvalue weighted by atomic mass is 9.54. The summed E-state index contributed by atoms with van der Waals surface area (Å²) in [4.78, 5) is 22.8. The summed E-state index contributed by atoms with van der Waals surface area (Å²) in [7, 11) is 0. The van der Waals surface area contributed by atoms with Crippen molar-refractivity contribution < 1.29 is 14.5 Å². The number of anilines is 1. The topological polar surface area (TPSA) is 107 Å². The molecule has 128 valence electrons. The molecule has 1 aromatic rings. The van der Waals surface area contributed by atoms with Crippen molar-refractivity contribution in [2.45, 2.75) is 38.8 Å². The number of nitrogens with two attached hydrogens (primary N) is 1. The number of amides is 1. The first-order chi connectivity index (χ1) is 10.2. The molecule has 7 nitrogen and oxygen atoms in total. The molecule has 1 fully saturated rings. The molecule has 0 radical (unpaired) electrons. The number of halogens is 1. The number of rotatable bonds is 5. The van der Waals surface area contributed by atoms with Crippen LogP contribution in [0.15, 0.2) is 24.3 Å². The highest BCUT2D eigenvalue weighted by Gasteiger charge is 2.62. The van der Waals surface area contributed by atoms with Crippen LogP contribution in [0.4, 0.5) is 11.4 Å². The largest absolute Gasteiger partial charge is 0.378 e. The molecule has 8 heteroatoms. The second-order valence-electron chi connectivity index (χ2n) is 6.10. The summed E-state index contributed by atoms with van der Waals surface area (Å²) in [6.07, 6.45) is 0.354. The molecule has 0 aromatic heterocycles. The average Bonchev–Trinajstić information content (AvgIpc) is 2.47. The van der Waals surface area contributed by atoms with Crippen LogP contribution in [0, 0.1) is 15.5 Å². The van der Waals surface area contributed by atoms with E-state index in [1.807, 2.05) is 20.8 Å². The van der Waals surface area contributed by atoms with Crippen LogP contribution in [-0.2, 0) is 9.53 Å². The van der Waals surface area contributed by atoms with Crippen molar-refractivity contribution in [1.29, 1.82) is 0 Å². The highest BCUT2D eigenvalue weighted by atomic mass is 35.5. The smallest absolute Gasteiger partial charge is 0.271 e. The lowest BCUT2D eigenvalue weighted by molar-refractivity contribution is -0.384. The summed E-state index contributed by atoms with van der Waals surface area (Å²) >= 11 is 0. The van der Waals surface area contributed by atoms with E-state index in [1.165, 1.54) is 18.2 Å². The minimum absolute atomic E-state index is 0. The third kappa shape index (κ3) is 3.31. The van der Waals surface area contributed by atoms with Crippen molar-refractivity contribution in [2.24, 2.45) is 11.1 Å². The normalized spacial score (nSPS) is 25.0. The number of nitrogens with one attached hydrogen (secondary N) is 1. The number of nitro benzene ring substituents is 1. The van der Waals surface area contributed by atoms with Gasteiger partial charge in [-0.25, -0.2) is 0 Å². The molecule has 0 spiro atoms. The van der Waals surface area contributed by atoms with Gasteiger partial charge in [-0.1, -0.05) is 19.9 Å². The Labute approximate surface area is 141 Å². The quantitative estimate of drug-likeness (QED) is 0.630. The highest BCUT2D eigenvalue weighted by molar-refractivity contribution is 6.00. The number of ether oxygens (including phenoxy) is 1. The van der Waals surface area contributed by atoms with Gasteiger partial charge in [0.1, 0.15) is 5.54 Å². The minimum Gasteiger partial charge on any atom is -0.378 e. The first-order valence-corrected chi connectivity index (χ1v) is 7.18. The maximum Gasteiger partial charge on any atom is 0.271 e. The molecule has 2 rings (SSSR count). The summed E-state index contributed by atoms with van der Waals surface area (Å²) in [6, 6.07) is 5.80. The fraction of sp³-hybridized carbons (Fsp3) is 0.533. The summed E-state index contributed by atoms with van der Waals surface area (Å²) in [6.45, 7) is 6.25. The van der Waals surface area contributed by atoms with Crippen molar-refractivity contribution in [3.63, 3.8) is 0 Å². The molecule has 1 aliphatic carbocycles. The molecule has 0 bridgehead atoms. The molecule has 23 heavy (non-hydrogen) atoms. The summed E-state index contributed by atoms with van der Waals surface area (Å²) in [5.74, 6) is -0.353. The Morgan fingerprint density at radius 2 is 2.17 bits per heavy atom. The standard InChI is InChI=1S/C15H21N3O4.ClH/c1-4-22-12-9-15(16,14(12,2)3)13(19)17-10-6-5-7-11(8-10)18(20)21;/h5-8,12H,4,9,16H2,1-3H3,(H,17,19);1H. The van der Waals surface area contributed by atoms with Gasteiger partial charge in [0, 0.05) is 36.3 Å². The lowest BCUT2D eigenvalue weighted by Gasteiger charge is -2.57. The summed E-state index contributed by atoms with van der Waals surface area (Å²) in [5, 5.41) is 13.4. The van der Waals surface area contributed by atoms with Crippen LogP contribution in [0.5, 0.6) is 0 Å². The molecule has 1 aliphatic rings. The van der Waals surface area contributed by atoms with Gasteiger partial charge in [0.15, 0.2) is 0 Å². The predicted octanol–water partition coefficient (Wildman–Crippen LogP) is 2.49. The zero-order valence-corrected chi connectivity index (χ0v) is 14.2. The van der Waals surface area contributed by atoms with E-state index in [0.29, 0.717) is 18.7 Å². The van der Waals surface area contributed by atoms with Gasteiger partial charge in [-0.3, -0.25) is 14.9 Å². The van der Waals surface area contributed by atoms with E-state index < -0.39 is 15.9 Å². The monoisotopic (exact) mass is 343 g/mol. The first kappa shape index (κ1) is 19.3. The van der Waals surface area contributed by atoms with Crippen LogP contribution < -0.4 is 11.1 Å². The summed E-state index contributed by atoms with van der Waals surface area (Å²) < 4.78 is 5.59. The molecular formula is C15H22ClN3O4. The van der Waals surface area contributed by atoms with E-state index in [2.05, 4.69) is 5.32 Å². The fourth-order valence-electron chi connectivity index (χ4n) is 2.76. The van der Waals surface area contributed by atoms with Crippen molar-refractivity contribution in [3.8, 4) is 0 Å². The SMILES string of the molecule is CCOC1CC(N)(C(=O)Nc2cccc([N+](=O)[O-])c2)C1(C)C.Cl. The van der Waals surface area contributed by atoms with Crippen molar-refractivity contribution in [2.75, 3.05) is 11.9 Å². The number of nitrogens with zero attached hydrogens (tertiary/aromatic N) is 1. The molecule has 1 amide bonds. The van der Waals surface area contributed by atoms with Gasteiger partial charge in [-0.15, -0.1) is 12.4 Å². The van der Waals surface area contributed by atoms with Gasteiger partial charge < -0.3 is 15.8 Å². The number of carbonyl (C=O) groups is 1. The van der Waals surface area contributed by atoms with E-state index in [4.69, 9.17) is 10.5 Å². The van der Waals surface area contributed by atoms with Gasteiger partial charge in [0.05, 0.1) is 11.0 Å². The van der Waals surface area contributed by atoms with Gasteiger partial charge >= 0.3 is 0 Å². The molecule has 1 aromatic carbocycles. The van der Waals surface area contributed by atoms with E-state index >= 15 is 0 Å². The Hall–Kier alpha value is -1.70. The van der Waals surface area contributed by atoms with Crippen molar-refractivity contribution in [3.05, 3.63) is 34.4 Å². The van der Waals surface area contributed by atoms with Crippen LogP contribution >= 0.6 is 12.4 Å². The number of hydrogen-bond acceptors (Lipinski definition) is 5. The van der Waals surface area contributed by atoms with Crippen LogP contribution in [0.3, 0.4) is 0 Å². The van der Waals surface area contributed by atoms with E-state index in [9.17, 15) is 14.9 Å². The first-order valence-electron chi connectivity index (χ1n) is 7.18. The number of hydrogen-bond donors (Lipinski definition) is 2. The Bertz CT molecular complexity index is 608. The van der Waals surface area contributed by atoms with Crippen molar-refractivity contribution in [1.82, 2.24) is 0 Å². The second-order valence-corrected chi connectivity index (χ2v) is 6.10. The Morgan fingerprint density at radius 1 is 1.52 bits per heavy atom. The predicted molar refractivity (Wildman–Crippen MR) is 89.7 cm³/mol. The molecule has 2 atom stereocenters. The Kier molecular flexibility index (Phi) is 5.74.